The molecule has 2 heterocycles. The third-order valence-electron chi connectivity index (χ3n) is 5.17. The van der Waals surface area contributed by atoms with Crippen molar-refractivity contribution in [2.45, 2.75) is 39.3 Å². The van der Waals surface area contributed by atoms with Crippen molar-refractivity contribution in [3.05, 3.63) is 71.4 Å². The van der Waals surface area contributed by atoms with E-state index >= 15 is 0 Å². The van der Waals surface area contributed by atoms with Crippen LogP contribution in [0.1, 0.15) is 32.0 Å². The van der Waals surface area contributed by atoms with Crippen molar-refractivity contribution >= 4 is 27.8 Å². The number of para-hydroxylation sites is 4. The van der Waals surface area contributed by atoms with Gasteiger partial charge in [-0.1, -0.05) is 30.8 Å². The molecule has 0 spiro atoms. The molecule has 146 valence electrons. The summed E-state index contributed by atoms with van der Waals surface area (Å²) in [4.78, 5) is 18.0. The Kier molecular flexibility index (Phi) is 5.05. The fraction of sp³-hybridized carbons (Fsp3) is 0.261. The second-order valence-corrected chi connectivity index (χ2v) is 7.21. The van der Waals surface area contributed by atoms with E-state index in [1.54, 1.807) is 9.13 Å². The fourth-order valence-electron chi connectivity index (χ4n) is 3.84. The van der Waals surface area contributed by atoms with Gasteiger partial charge in [0.2, 0.25) is 0 Å². The summed E-state index contributed by atoms with van der Waals surface area (Å²) in [6, 6.07) is 18.0. The third-order valence-corrected chi connectivity index (χ3v) is 5.17. The quantitative estimate of drug-likeness (QED) is 0.443. The number of nitriles is 1. The van der Waals surface area contributed by atoms with Gasteiger partial charge in [0.05, 0.1) is 34.7 Å². The number of imidazole rings is 2. The van der Waals surface area contributed by atoms with Gasteiger partial charge in [0.25, 0.3) is 0 Å². The van der Waals surface area contributed by atoms with Gasteiger partial charge in [-0.15, -0.1) is 0 Å². The molecule has 4 aromatic rings. The van der Waals surface area contributed by atoms with Gasteiger partial charge >= 0.3 is 5.69 Å². The Morgan fingerprint density at radius 1 is 1.03 bits per heavy atom. The molecule has 0 radical (unpaired) electrons. The lowest BCUT2D eigenvalue weighted by atomic mass is 10.2. The third kappa shape index (κ3) is 3.36. The summed E-state index contributed by atoms with van der Waals surface area (Å²) in [7, 11) is 0. The molecule has 0 amide bonds. The minimum atomic E-state index is -0.109. The molecule has 0 bridgehead atoms. The Morgan fingerprint density at radius 2 is 1.72 bits per heavy atom. The molecule has 0 aliphatic carbocycles. The Bertz CT molecular complexity index is 1300. The smallest absolute Gasteiger partial charge is 0.326 e. The summed E-state index contributed by atoms with van der Waals surface area (Å²) < 4.78 is 5.58. The minimum absolute atomic E-state index is 0.109. The molecule has 0 saturated heterocycles. The molecule has 0 atom stereocenters. The van der Waals surface area contributed by atoms with E-state index in [4.69, 9.17) is 10.2 Å². The lowest BCUT2D eigenvalue weighted by molar-refractivity contribution is 0.586. The zero-order chi connectivity index (χ0) is 20.4. The van der Waals surface area contributed by atoms with Crippen molar-refractivity contribution < 1.29 is 0 Å². The first-order valence-corrected chi connectivity index (χ1v) is 9.79. The van der Waals surface area contributed by atoms with E-state index in [2.05, 4.69) is 23.3 Å². The van der Waals surface area contributed by atoms with Gasteiger partial charge in [0.15, 0.2) is 0 Å². The first-order valence-electron chi connectivity index (χ1n) is 9.79. The van der Waals surface area contributed by atoms with Crippen molar-refractivity contribution in [3.8, 4) is 6.07 Å². The van der Waals surface area contributed by atoms with E-state index < -0.39 is 0 Å². The molecule has 0 saturated carbocycles. The molecule has 0 N–H and O–H groups in total. The monoisotopic (exact) mass is 385 g/mol. The Labute approximate surface area is 168 Å². The Morgan fingerprint density at radius 3 is 2.45 bits per heavy atom. The summed E-state index contributed by atoms with van der Waals surface area (Å²) in [6.45, 7) is 6.96. The second kappa shape index (κ2) is 7.80. The number of allylic oxidation sites excluding steroid dienone is 1. The van der Waals surface area contributed by atoms with E-state index in [0.717, 1.165) is 47.3 Å². The van der Waals surface area contributed by atoms with Crippen molar-refractivity contribution in [3.63, 3.8) is 0 Å². The number of rotatable bonds is 7. The van der Waals surface area contributed by atoms with Crippen LogP contribution in [-0.4, -0.2) is 18.7 Å². The maximum absolute atomic E-state index is 13.2. The summed E-state index contributed by atoms with van der Waals surface area (Å²) in [5.74, 6) is 0.842. The number of aryl methyl sites for hydroxylation is 1. The Balaban J connectivity index is 1.81. The molecular weight excluding hydrogens is 362 g/mol. The van der Waals surface area contributed by atoms with Gasteiger partial charge in [-0.3, -0.25) is 9.13 Å². The van der Waals surface area contributed by atoms with Crippen LogP contribution in [0.4, 0.5) is 0 Å². The normalized spacial score (nSPS) is 11.2. The maximum atomic E-state index is 13.2. The molecule has 2 aromatic heterocycles. The highest BCUT2D eigenvalue weighted by Gasteiger charge is 2.17. The molecule has 6 heteroatoms. The van der Waals surface area contributed by atoms with Crippen LogP contribution in [-0.2, 0) is 13.1 Å². The van der Waals surface area contributed by atoms with Gasteiger partial charge in [0, 0.05) is 18.7 Å². The summed E-state index contributed by atoms with van der Waals surface area (Å²) in [6.07, 6.45) is 2.29. The van der Waals surface area contributed by atoms with E-state index in [9.17, 15) is 4.79 Å². The van der Waals surface area contributed by atoms with E-state index in [-0.39, 0.29) is 5.69 Å². The molecule has 0 aliphatic rings. The summed E-state index contributed by atoms with van der Waals surface area (Å²) in [5.41, 5.74) is 4.26. The first kappa shape index (κ1) is 18.8. The van der Waals surface area contributed by atoms with Crippen LogP contribution in [0, 0.1) is 11.3 Å². The average Bonchev–Trinajstić information content (AvgIpc) is 3.20. The highest BCUT2D eigenvalue weighted by Crippen LogP contribution is 2.21. The molecule has 0 unspecified atom stereocenters. The van der Waals surface area contributed by atoms with Crippen LogP contribution < -0.4 is 5.69 Å². The van der Waals surface area contributed by atoms with Gasteiger partial charge < -0.3 is 4.57 Å². The van der Waals surface area contributed by atoms with Crippen LogP contribution in [0.25, 0.3) is 27.8 Å². The number of hydrogen-bond donors (Lipinski definition) is 0. The average molecular weight is 385 g/mol. The number of aromatic nitrogens is 4. The van der Waals surface area contributed by atoms with Crippen molar-refractivity contribution in [2.24, 2.45) is 0 Å². The van der Waals surface area contributed by atoms with E-state index in [0.29, 0.717) is 18.7 Å². The fourth-order valence-corrected chi connectivity index (χ4v) is 3.84. The zero-order valence-corrected chi connectivity index (χ0v) is 16.5. The lowest BCUT2D eigenvalue weighted by Gasteiger charge is -2.09. The van der Waals surface area contributed by atoms with Crippen molar-refractivity contribution in [2.75, 3.05) is 0 Å². The molecule has 29 heavy (non-hydrogen) atoms. The predicted molar refractivity (Wildman–Crippen MR) is 116 cm³/mol. The predicted octanol–water partition coefficient (Wildman–Crippen LogP) is 4.39. The van der Waals surface area contributed by atoms with Gasteiger partial charge in [-0.25, -0.2) is 9.78 Å². The van der Waals surface area contributed by atoms with E-state index in [1.807, 2.05) is 49.4 Å². The highest BCUT2D eigenvalue weighted by atomic mass is 16.1. The number of hydrogen-bond acceptors (Lipinski definition) is 3. The summed E-state index contributed by atoms with van der Waals surface area (Å²) in [5, 5.41) is 8.81. The van der Waals surface area contributed by atoms with Gasteiger partial charge in [0.1, 0.15) is 5.82 Å². The minimum Gasteiger partial charge on any atom is -0.326 e. The van der Waals surface area contributed by atoms with Gasteiger partial charge in [-0.2, -0.15) is 5.26 Å². The molecule has 2 aromatic carbocycles. The highest BCUT2D eigenvalue weighted by molar-refractivity contribution is 5.80. The number of unbranched alkanes of at least 4 members (excludes halogenated alkanes) is 2. The largest absolute Gasteiger partial charge is 0.333 e. The van der Waals surface area contributed by atoms with Crippen LogP contribution >= 0.6 is 0 Å². The lowest BCUT2D eigenvalue weighted by Crippen LogP contribution is -2.25. The van der Waals surface area contributed by atoms with Crippen LogP contribution in [0.2, 0.25) is 0 Å². The van der Waals surface area contributed by atoms with Crippen molar-refractivity contribution in [1.29, 1.82) is 5.26 Å². The first-order chi connectivity index (χ1) is 14.1. The SMILES string of the molecule is C=C(C)n1c(=O)n(Cc2nc3ccccc3n2CCCCC#N)c2ccccc21. The van der Waals surface area contributed by atoms with Crippen LogP contribution in [0.3, 0.4) is 0 Å². The maximum Gasteiger partial charge on any atom is 0.333 e. The van der Waals surface area contributed by atoms with E-state index in [1.165, 1.54) is 0 Å². The number of nitrogens with zero attached hydrogens (tertiary/aromatic N) is 5. The second-order valence-electron chi connectivity index (χ2n) is 7.21. The van der Waals surface area contributed by atoms with Gasteiger partial charge in [-0.05, 0) is 44.0 Å². The standard InChI is InChI=1S/C23H23N5O/c1-17(2)28-21-13-7-6-12-20(21)27(23(28)29)16-22-25-18-10-4-5-11-19(18)26(22)15-9-3-8-14-24/h4-7,10-13H,1,3,8-9,15-16H2,2H3. The van der Waals surface area contributed by atoms with Crippen LogP contribution in [0.5, 0.6) is 0 Å². The molecular formula is C23H23N5O. The Hall–Kier alpha value is -3.59. The zero-order valence-electron chi connectivity index (χ0n) is 16.5. The van der Waals surface area contributed by atoms with Crippen LogP contribution in [0.15, 0.2) is 59.9 Å². The molecule has 4 rings (SSSR count). The number of fused-ring (bicyclic) bond motifs is 2. The summed E-state index contributed by atoms with van der Waals surface area (Å²) >= 11 is 0. The number of benzene rings is 2. The molecule has 6 nitrogen and oxygen atoms in total. The van der Waals surface area contributed by atoms with Crippen molar-refractivity contribution in [1.82, 2.24) is 18.7 Å². The topological polar surface area (TPSA) is 68.5 Å². The molecule has 0 fully saturated rings. The molecule has 0 aliphatic heterocycles.